The maximum atomic E-state index is 6.31. The number of nitrogens with zero attached hydrogens (tertiary/aromatic N) is 1. The number of benzene rings is 8. The zero-order chi connectivity index (χ0) is 30.9. The molecular weight excluding hydrogens is 591 g/mol. The molecule has 2 heterocycles. The second-order valence-corrected chi connectivity index (χ2v) is 13.3. The Morgan fingerprint density at radius 1 is 0.362 bits per heavy atom. The molecule has 0 aliphatic rings. The molecule has 0 spiro atoms. The molecule has 2 aromatic heterocycles. The number of rotatable bonds is 4. The molecule has 0 aliphatic carbocycles. The van der Waals surface area contributed by atoms with Gasteiger partial charge in [-0.05, 0) is 99.4 Å². The van der Waals surface area contributed by atoms with Gasteiger partial charge >= 0.3 is 0 Å². The van der Waals surface area contributed by atoms with Crippen molar-refractivity contribution in [3.8, 4) is 11.1 Å². The van der Waals surface area contributed by atoms with E-state index in [0.717, 1.165) is 39.0 Å². The van der Waals surface area contributed by atoms with Crippen LogP contribution in [0.3, 0.4) is 0 Å². The molecule has 10 rings (SSSR count). The van der Waals surface area contributed by atoms with Crippen molar-refractivity contribution in [2.45, 2.75) is 0 Å². The third-order valence-electron chi connectivity index (χ3n) is 9.41. The van der Waals surface area contributed by atoms with Crippen LogP contribution in [0, 0.1) is 0 Å². The van der Waals surface area contributed by atoms with E-state index in [2.05, 4.69) is 157 Å². The number of anilines is 3. The van der Waals surface area contributed by atoms with E-state index in [4.69, 9.17) is 4.42 Å². The maximum absolute atomic E-state index is 6.31. The average molecular weight is 618 g/mol. The molecule has 0 radical (unpaired) electrons. The molecule has 0 N–H and O–H groups in total. The minimum absolute atomic E-state index is 0.919. The summed E-state index contributed by atoms with van der Waals surface area (Å²) in [5.74, 6) is 0. The molecule has 3 heteroatoms. The molecular formula is C44H27NOS. The predicted molar refractivity (Wildman–Crippen MR) is 202 cm³/mol. The van der Waals surface area contributed by atoms with Crippen molar-refractivity contribution in [1.82, 2.24) is 0 Å². The van der Waals surface area contributed by atoms with Crippen molar-refractivity contribution in [1.29, 1.82) is 0 Å². The molecule has 10 aromatic rings. The zero-order valence-electron chi connectivity index (χ0n) is 25.4. The van der Waals surface area contributed by atoms with E-state index in [9.17, 15) is 0 Å². The van der Waals surface area contributed by atoms with Gasteiger partial charge in [-0.2, -0.15) is 0 Å². The standard InChI is InChI=1S/C44H27NOS/c1-3-9-28(10-4-1)30-18-22-43-40(23-30)36-21-20-34(26-44(36)47-43)45(32-11-5-2-6-12-32)33-19-17-29-15-16-31-24-39-35-13-7-8-14-41(35)46-42(39)27-38(31)37(29)25-33/h1-27H. The summed E-state index contributed by atoms with van der Waals surface area (Å²) in [6.07, 6.45) is 0. The first-order valence-electron chi connectivity index (χ1n) is 15.9. The van der Waals surface area contributed by atoms with Crippen molar-refractivity contribution in [2.24, 2.45) is 0 Å². The molecule has 0 saturated heterocycles. The zero-order valence-corrected chi connectivity index (χ0v) is 26.2. The van der Waals surface area contributed by atoms with Gasteiger partial charge in [-0.3, -0.25) is 0 Å². The normalized spacial score (nSPS) is 11.8. The van der Waals surface area contributed by atoms with E-state index in [1.807, 2.05) is 23.5 Å². The first kappa shape index (κ1) is 26.3. The Hall–Kier alpha value is -5.90. The van der Waals surface area contributed by atoms with Gasteiger partial charge < -0.3 is 9.32 Å². The molecule has 0 saturated carbocycles. The number of hydrogen-bond acceptors (Lipinski definition) is 3. The van der Waals surface area contributed by atoms with Crippen LogP contribution in [-0.2, 0) is 0 Å². The van der Waals surface area contributed by atoms with Crippen molar-refractivity contribution in [3.05, 3.63) is 164 Å². The fraction of sp³-hybridized carbons (Fsp3) is 0. The summed E-state index contributed by atoms with van der Waals surface area (Å²) in [7, 11) is 0. The number of thiophene rings is 1. The van der Waals surface area contributed by atoms with Gasteiger partial charge in [-0.25, -0.2) is 0 Å². The average Bonchev–Trinajstić information content (AvgIpc) is 3.68. The third-order valence-corrected chi connectivity index (χ3v) is 10.5. The van der Waals surface area contributed by atoms with Gasteiger partial charge in [0.25, 0.3) is 0 Å². The van der Waals surface area contributed by atoms with Crippen LogP contribution in [0.4, 0.5) is 17.1 Å². The van der Waals surface area contributed by atoms with Gasteiger partial charge in [0.1, 0.15) is 11.2 Å². The van der Waals surface area contributed by atoms with Gasteiger partial charge in [-0.1, -0.05) is 97.1 Å². The molecule has 0 bridgehead atoms. The summed E-state index contributed by atoms with van der Waals surface area (Å²) in [5.41, 5.74) is 7.71. The smallest absolute Gasteiger partial charge is 0.136 e. The Labute approximate surface area is 275 Å². The number of hydrogen-bond donors (Lipinski definition) is 0. The van der Waals surface area contributed by atoms with Crippen LogP contribution in [0.5, 0.6) is 0 Å². The van der Waals surface area contributed by atoms with Gasteiger partial charge in [0, 0.05) is 48.0 Å². The van der Waals surface area contributed by atoms with Gasteiger partial charge in [-0.15, -0.1) is 11.3 Å². The maximum Gasteiger partial charge on any atom is 0.136 e. The van der Waals surface area contributed by atoms with Crippen LogP contribution in [0.25, 0.3) is 74.8 Å². The molecule has 2 nitrogen and oxygen atoms in total. The highest BCUT2D eigenvalue weighted by Crippen LogP contribution is 2.43. The molecule has 0 amide bonds. The molecule has 47 heavy (non-hydrogen) atoms. The van der Waals surface area contributed by atoms with Gasteiger partial charge in [0.2, 0.25) is 0 Å². The lowest BCUT2D eigenvalue weighted by molar-refractivity contribution is 0.669. The molecule has 0 unspecified atom stereocenters. The monoisotopic (exact) mass is 617 g/mol. The van der Waals surface area contributed by atoms with Crippen LogP contribution < -0.4 is 4.90 Å². The highest BCUT2D eigenvalue weighted by Gasteiger charge is 2.17. The van der Waals surface area contributed by atoms with E-state index in [1.165, 1.54) is 52.8 Å². The quantitative estimate of drug-likeness (QED) is 0.183. The van der Waals surface area contributed by atoms with E-state index in [-0.39, 0.29) is 0 Å². The topological polar surface area (TPSA) is 16.4 Å². The van der Waals surface area contributed by atoms with E-state index >= 15 is 0 Å². The van der Waals surface area contributed by atoms with Crippen LogP contribution in [0.15, 0.2) is 168 Å². The lowest BCUT2D eigenvalue weighted by Crippen LogP contribution is -2.09. The minimum Gasteiger partial charge on any atom is -0.456 e. The lowest BCUT2D eigenvalue weighted by Gasteiger charge is -2.26. The molecule has 8 aromatic carbocycles. The number of para-hydroxylation sites is 2. The van der Waals surface area contributed by atoms with E-state index in [1.54, 1.807) is 0 Å². The molecule has 0 aliphatic heterocycles. The summed E-state index contributed by atoms with van der Waals surface area (Å²) in [6.45, 7) is 0. The number of fused-ring (bicyclic) bond motifs is 9. The van der Waals surface area contributed by atoms with Crippen molar-refractivity contribution >= 4 is 92.1 Å². The largest absolute Gasteiger partial charge is 0.456 e. The van der Waals surface area contributed by atoms with Crippen molar-refractivity contribution in [2.75, 3.05) is 4.90 Å². The van der Waals surface area contributed by atoms with Crippen LogP contribution >= 0.6 is 11.3 Å². The third kappa shape index (κ3) is 4.25. The molecule has 0 atom stereocenters. The fourth-order valence-electron chi connectivity index (χ4n) is 7.14. The second kappa shape index (κ2) is 10.3. The first-order chi connectivity index (χ1) is 23.3. The Morgan fingerprint density at radius 2 is 1.09 bits per heavy atom. The SMILES string of the molecule is c1ccc(-c2ccc3sc4cc(N(c5ccccc5)c5ccc6ccc7cc8c(cc7c6c5)oc5ccccc58)ccc4c3c2)cc1. The van der Waals surface area contributed by atoms with Crippen LogP contribution in [-0.4, -0.2) is 0 Å². The summed E-state index contributed by atoms with van der Waals surface area (Å²) < 4.78 is 8.90. The van der Waals surface area contributed by atoms with Crippen molar-refractivity contribution < 1.29 is 4.42 Å². The summed E-state index contributed by atoms with van der Waals surface area (Å²) in [6, 6.07) is 59.1. The van der Waals surface area contributed by atoms with Crippen LogP contribution in [0.2, 0.25) is 0 Å². The predicted octanol–water partition coefficient (Wildman–Crippen LogP) is 13.4. The summed E-state index contributed by atoms with van der Waals surface area (Å²) >= 11 is 1.86. The molecule has 0 fully saturated rings. The second-order valence-electron chi connectivity index (χ2n) is 12.2. The van der Waals surface area contributed by atoms with Crippen LogP contribution in [0.1, 0.15) is 0 Å². The first-order valence-corrected chi connectivity index (χ1v) is 16.7. The Balaban J connectivity index is 1.15. The lowest BCUT2D eigenvalue weighted by atomic mass is 9.99. The Kier molecular flexibility index (Phi) is 5.78. The van der Waals surface area contributed by atoms with Gasteiger partial charge in [0.05, 0.1) is 0 Å². The number of furan rings is 1. The van der Waals surface area contributed by atoms with Gasteiger partial charge in [0.15, 0.2) is 0 Å². The fourth-order valence-corrected chi connectivity index (χ4v) is 8.26. The van der Waals surface area contributed by atoms with E-state index in [0.29, 0.717) is 0 Å². The Morgan fingerprint density at radius 3 is 1.98 bits per heavy atom. The van der Waals surface area contributed by atoms with Crippen molar-refractivity contribution in [3.63, 3.8) is 0 Å². The summed E-state index contributed by atoms with van der Waals surface area (Å²) in [4.78, 5) is 2.37. The highest BCUT2D eigenvalue weighted by atomic mass is 32.1. The minimum atomic E-state index is 0.919. The Bertz CT molecular complexity index is 2790. The summed E-state index contributed by atoms with van der Waals surface area (Å²) in [5, 5.41) is 9.72. The molecule has 220 valence electrons. The highest BCUT2D eigenvalue weighted by molar-refractivity contribution is 7.25. The van der Waals surface area contributed by atoms with E-state index < -0.39 is 0 Å².